The number of carboxylic acid groups (broad SMARTS) is 2. The molecular formula is C22H26ClIN2O6. The van der Waals surface area contributed by atoms with Crippen molar-refractivity contribution in [2.45, 2.75) is 16.9 Å². The third-order valence-electron chi connectivity index (χ3n) is 4.45. The minimum Gasteiger partial charge on any atom is -0.496 e. The highest BCUT2D eigenvalue weighted by Gasteiger charge is 2.31. The first kappa shape index (κ1) is 27.7. The van der Waals surface area contributed by atoms with Gasteiger partial charge in [-0.2, -0.15) is 0 Å². The first-order chi connectivity index (χ1) is 14.9. The summed E-state index contributed by atoms with van der Waals surface area (Å²) in [4.78, 5) is 33.3. The Kier molecular flexibility index (Phi) is 10.9. The monoisotopic (exact) mass is 576 g/mol. The van der Waals surface area contributed by atoms with Crippen molar-refractivity contribution in [3.63, 3.8) is 0 Å². The highest BCUT2D eigenvalue weighted by molar-refractivity contribution is 14.1. The number of benzene rings is 2. The fourth-order valence-electron chi connectivity index (χ4n) is 2.70. The smallest absolute Gasteiger partial charge is 0.414 e. The lowest BCUT2D eigenvalue weighted by Gasteiger charge is -2.31. The summed E-state index contributed by atoms with van der Waals surface area (Å²) < 4.78 is 4.80. The Morgan fingerprint density at radius 1 is 1.09 bits per heavy atom. The maximum atomic E-state index is 13.0. The molecule has 1 atom stereocenters. The van der Waals surface area contributed by atoms with Gasteiger partial charge in [0.1, 0.15) is 9.30 Å². The Morgan fingerprint density at radius 3 is 2.12 bits per heavy atom. The lowest BCUT2D eigenvalue weighted by atomic mass is 10.0. The molecule has 0 bridgehead atoms. The Labute approximate surface area is 205 Å². The molecule has 0 aliphatic heterocycles. The first-order valence-corrected chi connectivity index (χ1v) is 10.9. The number of nitrogens with zero attached hydrogens (tertiary/aromatic N) is 1. The molecule has 0 saturated carbocycles. The normalized spacial score (nSPS) is 12.2. The summed E-state index contributed by atoms with van der Waals surface area (Å²) in [5, 5.41) is 18.7. The SMILES string of the molecule is COc1cccc(C(=O)NC(I)(CCN(C)C)c2ccc(Cl)cc2)c1C.O=C(O)C(=O)O. The number of hydrogen-bond donors (Lipinski definition) is 3. The molecule has 0 radical (unpaired) electrons. The molecule has 0 aromatic heterocycles. The summed E-state index contributed by atoms with van der Waals surface area (Å²) in [7, 11) is 5.65. The molecule has 0 aliphatic rings. The minimum atomic E-state index is -1.82. The molecule has 2 rings (SSSR count). The molecule has 8 nitrogen and oxygen atoms in total. The second kappa shape index (κ2) is 12.6. The van der Waals surface area contributed by atoms with Gasteiger partial charge in [0, 0.05) is 22.7 Å². The maximum Gasteiger partial charge on any atom is 0.414 e. The van der Waals surface area contributed by atoms with Crippen molar-refractivity contribution in [3.05, 3.63) is 64.2 Å². The Bertz CT molecular complexity index is 940. The van der Waals surface area contributed by atoms with E-state index in [4.69, 9.17) is 36.1 Å². The Hall–Kier alpha value is -2.37. The zero-order valence-corrected chi connectivity index (χ0v) is 21.1. The molecular weight excluding hydrogens is 551 g/mol. The Morgan fingerprint density at radius 2 is 1.66 bits per heavy atom. The summed E-state index contributed by atoms with van der Waals surface area (Å²) in [5.41, 5.74) is 2.46. The summed E-state index contributed by atoms with van der Waals surface area (Å²) in [6.45, 7) is 2.73. The van der Waals surface area contributed by atoms with Gasteiger partial charge in [-0.15, -0.1) is 0 Å². The first-order valence-electron chi connectivity index (χ1n) is 9.43. The molecule has 0 aliphatic carbocycles. The lowest BCUT2D eigenvalue weighted by Crippen LogP contribution is -2.43. The van der Waals surface area contributed by atoms with Gasteiger partial charge in [0.25, 0.3) is 5.91 Å². The van der Waals surface area contributed by atoms with Crippen molar-refractivity contribution in [2.75, 3.05) is 27.7 Å². The third-order valence-corrected chi connectivity index (χ3v) is 6.13. The van der Waals surface area contributed by atoms with E-state index in [0.717, 1.165) is 24.1 Å². The number of ether oxygens (including phenoxy) is 1. The van der Waals surface area contributed by atoms with E-state index >= 15 is 0 Å². The van der Waals surface area contributed by atoms with Gasteiger partial charge in [-0.25, -0.2) is 9.59 Å². The molecule has 2 aromatic rings. The molecule has 174 valence electrons. The van der Waals surface area contributed by atoms with Gasteiger partial charge in [0.05, 0.1) is 7.11 Å². The maximum absolute atomic E-state index is 13.0. The number of aliphatic carboxylic acids is 2. The average molecular weight is 577 g/mol. The van der Waals surface area contributed by atoms with Crippen LogP contribution in [0.3, 0.4) is 0 Å². The highest BCUT2D eigenvalue weighted by Crippen LogP contribution is 2.34. The minimum absolute atomic E-state index is 0.121. The van der Waals surface area contributed by atoms with Gasteiger partial charge >= 0.3 is 11.9 Å². The van der Waals surface area contributed by atoms with Crippen molar-refractivity contribution in [1.82, 2.24) is 10.2 Å². The zero-order chi connectivity index (χ0) is 24.5. The number of hydrogen-bond acceptors (Lipinski definition) is 5. The summed E-state index contributed by atoms with van der Waals surface area (Å²) >= 11 is 8.36. The van der Waals surface area contributed by atoms with Crippen LogP contribution in [0.15, 0.2) is 42.5 Å². The van der Waals surface area contributed by atoms with Crippen molar-refractivity contribution >= 4 is 52.0 Å². The van der Waals surface area contributed by atoms with E-state index in [-0.39, 0.29) is 5.91 Å². The predicted molar refractivity (Wildman–Crippen MR) is 131 cm³/mol. The fourth-order valence-corrected chi connectivity index (χ4v) is 3.67. The summed E-state index contributed by atoms with van der Waals surface area (Å²) in [5.74, 6) is -3.06. The quantitative estimate of drug-likeness (QED) is 0.199. The second-order valence-electron chi connectivity index (χ2n) is 7.06. The van der Waals surface area contributed by atoms with Crippen LogP contribution < -0.4 is 10.1 Å². The van der Waals surface area contributed by atoms with Gasteiger partial charge < -0.3 is 25.2 Å². The van der Waals surface area contributed by atoms with Gasteiger partial charge in [-0.3, -0.25) is 4.79 Å². The molecule has 1 amide bonds. The molecule has 3 N–H and O–H groups in total. The largest absolute Gasteiger partial charge is 0.496 e. The van der Waals surface area contributed by atoms with E-state index in [1.165, 1.54) is 0 Å². The lowest BCUT2D eigenvalue weighted by molar-refractivity contribution is -0.159. The average Bonchev–Trinajstić information content (AvgIpc) is 2.73. The van der Waals surface area contributed by atoms with Gasteiger partial charge in [0.15, 0.2) is 0 Å². The third kappa shape index (κ3) is 8.29. The second-order valence-corrected chi connectivity index (χ2v) is 9.34. The van der Waals surface area contributed by atoms with Gasteiger partial charge in [-0.1, -0.05) is 29.8 Å². The molecule has 0 heterocycles. The van der Waals surface area contributed by atoms with E-state index in [9.17, 15) is 4.79 Å². The number of carbonyl (C=O) groups is 3. The van der Waals surface area contributed by atoms with E-state index in [1.807, 2.05) is 63.5 Å². The Balaban J connectivity index is 0.000000751. The van der Waals surface area contributed by atoms with Crippen LogP contribution in [0.5, 0.6) is 5.75 Å². The summed E-state index contributed by atoms with van der Waals surface area (Å²) in [6, 6.07) is 13.1. The van der Waals surface area contributed by atoms with Crippen molar-refractivity contribution in [3.8, 4) is 5.75 Å². The van der Waals surface area contributed by atoms with E-state index in [1.54, 1.807) is 7.11 Å². The van der Waals surface area contributed by atoms with Crippen molar-refractivity contribution in [1.29, 1.82) is 0 Å². The van der Waals surface area contributed by atoms with Crippen LogP contribution in [-0.4, -0.2) is 60.7 Å². The number of halogens is 2. The van der Waals surface area contributed by atoms with E-state index < -0.39 is 15.5 Å². The molecule has 2 aromatic carbocycles. The number of alkyl halides is 1. The van der Waals surface area contributed by atoms with Gasteiger partial charge in [-0.05, 0) is 79.9 Å². The molecule has 0 spiro atoms. The number of methoxy groups -OCH3 is 1. The van der Waals surface area contributed by atoms with Crippen LogP contribution in [-0.2, 0) is 13.1 Å². The summed E-state index contributed by atoms with van der Waals surface area (Å²) in [6.07, 6.45) is 0.761. The molecule has 0 saturated heterocycles. The van der Waals surface area contributed by atoms with Crippen LogP contribution in [0.2, 0.25) is 5.02 Å². The molecule has 10 heteroatoms. The number of nitrogens with one attached hydrogen (secondary N) is 1. The topological polar surface area (TPSA) is 116 Å². The van der Waals surface area contributed by atoms with Crippen LogP contribution in [0.4, 0.5) is 0 Å². The fraction of sp³-hybridized carbons (Fsp3) is 0.318. The molecule has 0 fully saturated rings. The predicted octanol–water partition coefficient (Wildman–Crippen LogP) is 3.78. The van der Waals surface area contributed by atoms with Crippen LogP contribution in [0.25, 0.3) is 0 Å². The van der Waals surface area contributed by atoms with E-state index in [0.29, 0.717) is 16.3 Å². The van der Waals surface area contributed by atoms with Crippen LogP contribution in [0, 0.1) is 6.92 Å². The van der Waals surface area contributed by atoms with Crippen molar-refractivity contribution < 1.29 is 29.3 Å². The van der Waals surface area contributed by atoms with Crippen LogP contribution in [0.1, 0.15) is 27.9 Å². The molecule has 1 unspecified atom stereocenters. The van der Waals surface area contributed by atoms with Crippen molar-refractivity contribution in [2.24, 2.45) is 0 Å². The molecule has 32 heavy (non-hydrogen) atoms. The van der Waals surface area contributed by atoms with Gasteiger partial charge in [0.2, 0.25) is 0 Å². The number of carboxylic acids is 2. The number of carbonyl (C=O) groups excluding carboxylic acids is 1. The van der Waals surface area contributed by atoms with E-state index in [2.05, 4.69) is 32.8 Å². The number of amides is 1. The van der Waals surface area contributed by atoms with Crippen LogP contribution >= 0.6 is 34.2 Å². The number of rotatable bonds is 7. The zero-order valence-electron chi connectivity index (χ0n) is 18.2. The standard InChI is InChI=1S/C20H24ClIN2O2.C2H2O4/c1-14-17(6-5-7-18(14)26-4)19(25)23-20(22,12-13-24(2)3)15-8-10-16(21)11-9-15;3-1(4)2(5)6/h5-11H,12-13H2,1-4H3,(H,23,25);(H,3,4)(H,5,6). The highest BCUT2D eigenvalue weighted by atomic mass is 127.